The van der Waals surface area contributed by atoms with E-state index < -0.39 is 0 Å². The minimum absolute atomic E-state index is 0.579. The predicted octanol–water partition coefficient (Wildman–Crippen LogP) is 1.15. The topological polar surface area (TPSA) is 12.4 Å². The number of aliphatic imine (C=N–C) groups is 1. The van der Waals surface area contributed by atoms with Crippen molar-refractivity contribution in [2.45, 2.75) is 13.0 Å². The fraction of sp³-hybridized carbons (Fsp3) is 0.750. The number of hydrogen-bond donors (Lipinski definition) is 0. The van der Waals surface area contributed by atoms with E-state index in [0.29, 0.717) is 6.04 Å². The lowest BCUT2D eigenvalue weighted by molar-refractivity contribution is 0.868. The summed E-state index contributed by atoms with van der Waals surface area (Å²) in [5.74, 6) is 1.18. The highest BCUT2D eigenvalue weighted by atomic mass is 32.2. The van der Waals surface area contributed by atoms with Crippen molar-refractivity contribution in [3.8, 4) is 0 Å². The molecule has 0 radical (unpaired) electrons. The van der Waals surface area contributed by atoms with Crippen molar-refractivity contribution in [3.05, 3.63) is 0 Å². The molecular weight excluding hydrogens is 94.1 g/mol. The van der Waals surface area contributed by atoms with E-state index in [1.54, 1.807) is 11.8 Å². The smallest absolute Gasteiger partial charge is 0.0571 e. The molecule has 0 aromatic heterocycles. The largest absolute Gasteiger partial charge is 0.282 e. The van der Waals surface area contributed by atoms with Gasteiger partial charge in [0.2, 0.25) is 0 Å². The van der Waals surface area contributed by atoms with Crippen LogP contribution in [0.4, 0.5) is 0 Å². The molecule has 1 rings (SSSR count). The van der Waals surface area contributed by atoms with Crippen LogP contribution in [0.1, 0.15) is 6.92 Å². The molecule has 0 fully saturated rings. The van der Waals surface area contributed by atoms with Crippen LogP contribution in [0.3, 0.4) is 0 Å². The van der Waals surface area contributed by atoms with Crippen molar-refractivity contribution in [2.24, 2.45) is 4.99 Å². The van der Waals surface area contributed by atoms with Gasteiger partial charge in [0.15, 0.2) is 0 Å². The zero-order chi connectivity index (χ0) is 4.41. The molecule has 0 bridgehead atoms. The normalized spacial score (nSPS) is 31.8. The van der Waals surface area contributed by atoms with Crippen LogP contribution in [-0.4, -0.2) is 17.3 Å². The first-order valence-corrected chi connectivity index (χ1v) is 3.08. The molecule has 0 saturated carbocycles. The van der Waals surface area contributed by atoms with Crippen LogP contribution in [0.15, 0.2) is 4.99 Å². The predicted molar refractivity (Wildman–Crippen MR) is 30.4 cm³/mol. The van der Waals surface area contributed by atoms with Gasteiger partial charge in [-0.25, -0.2) is 0 Å². The van der Waals surface area contributed by atoms with Gasteiger partial charge < -0.3 is 0 Å². The molecule has 2 heteroatoms. The summed E-state index contributed by atoms with van der Waals surface area (Å²) >= 11 is 1.79. The van der Waals surface area contributed by atoms with Gasteiger partial charge in [-0.2, -0.15) is 0 Å². The summed E-state index contributed by atoms with van der Waals surface area (Å²) in [7, 11) is 0. The summed E-state index contributed by atoms with van der Waals surface area (Å²) in [4.78, 5) is 4.07. The van der Waals surface area contributed by atoms with Crippen LogP contribution >= 0.6 is 11.8 Å². The maximum absolute atomic E-state index is 4.07. The second kappa shape index (κ2) is 1.65. The standard InChI is InChI=1S/C4H7NS/c1-4-2-6-3-5-4/h3-4H,2H2,1H3/t4-/m0/s1. The highest BCUT2D eigenvalue weighted by Gasteiger charge is 2.00. The number of thioether (sulfide) groups is 1. The average Bonchev–Trinajstić information content (AvgIpc) is 1.86. The number of nitrogens with zero attached hydrogens (tertiary/aromatic N) is 1. The van der Waals surface area contributed by atoms with Gasteiger partial charge in [-0.1, -0.05) is 0 Å². The van der Waals surface area contributed by atoms with E-state index in [1.165, 1.54) is 5.75 Å². The van der Waals surface area contributed by atoms with Crippen molar-refractivity contribution in [3.63, 3.8) is 0 Å². The van der Waals surface area contributed by atoms with Crippen LogP contribution in [0.5, 0.6) is 0 Å². The number of hydrogen-bond acceptors (Lipinski definition) is 2. The minimum atomic E-state index is 0.579. The van der Waals surface area contributed by atoms with Gasteiger partial charge in [0.1, 0.15) is 0 Å². The number of rotatable bonds is 0. The molecule has 0 N–H and O–H groups in total. The summed E-state index contributed by atoms with van der Waals surface area (Å²) in [5.41, 5.74) is 1.92. The lowest BCUT2D eigenvalue weighted by atomic mass is 10.4. The summed E-state index contributed by atoms with van der Waals surface area (Å²) < 4.78 is 0. The van der Waals surface area contributed by atoms with Crippen molar-refractivity contribution in [1.82, 2.24) is 0 Å². The van der Waals surface area contributed by atoms with Gasteiger partial charge in [0.25, 0.3) is 0 Å². The Labute approximate surface area is 41.8 Å². The van der Waals surface area contributed by atoms with Gasteiger partial charge in [-0.05, 0) is 6.92 Å². The molecular formula is C4H7NS. The highest BCUT2D eigenvalue weighted by molar-refractivity contribution is 8.12. The van der Waals surface area contributed by atoms with Crippen molar-refractivity contribution < 1.29 is 0 Å². The maximum Gasteiger partial charge on any atom is 0.0571 e. The lowest BCUT2D eigenvalue weighted by Crippen LogP contribution is -1.92. The molecule has 0 spiro atoms. The van der Waals surface area contributed by atoms with Gasteiger partial charge in [-0.3, -0.25) is 4.99 Å². The van der Waals surface area contributed by atoms with E-state index in [4.69, 9.17) is 0 Å². The molecule has 0 aromatic rings. The fourth-order valence-electron chi connectivity index (χ4n) is 0.372. The van der Waals surface area contributed by atoms with Gasteiger partial charge in [0, 0.05) is 5.75 Å². The van der Waals surface area contributed by atoms with Crippen LogP contribution in [-0.2, 0) is 0 Å². The molecule has 0 unspecified atom stereocenters. The first kappa shape index (κ1) is 4.19. The summed E-state index contributed by atoms with van der Waals surface area (Å²) in [6, 6.07) is 0.579. The first-order valence-electron chi connectivity index (χ1n) is 2.03. The lowest BCUT2D eigenvalue weighted by Gasteiger charge is -1.87. The van der Waals surface area contributed by atoms with E-state index in [0.717, 1.165) is 0 Å². The summed E-state index contributed by atoms with van der Waals surface area (Å²) in [5, 5.41) is 0. The quantitative estimate of drug-likeness (QED) is 0.446. The van der Waals surface area contributed by atoms with Gasteiger partial charge >= 0.3 is 0 Å². The van der Waals surface area contributed by atoms with Crippen LogP contribution in [0.2, 0.25) is 0 Å². The Kier molecular flexibility index (Phi) is 1.15. The second-order valence-corrected chi connectivity index (χ2v) is 2.31. The molecule has 0 saturated heterocycles. The molecule has 6 heavy (non-hydrogen) atoms. The van der Waals surface area contributed by atoms with E-state index in [2.05, 4.69) is 11.9 Å². The molecule has 34 valence electrons. The SMILES string of the molecule is C[C@H]1CSC=N1. The Hall–Kier alpha value is 0.0200. The second-order valence-electron chi connectivity index (χ2n) is 1.44. The van der Waals surface area contributed by atoms with Crippen molar-refractivity contribution in [2.75, 3.05) is 5.75 Å². The van der Waals surface area contributed by atoms with E-state index in [9.17, 15) is 0 Å². The van der Waals surface area contributed by atoms with Crippen LogP contribution in [0.25, 0.3) is 0 Å². The molecule has 0 aliphatic carbocycles. The zero-order valence-electron chi connectivity index (χ0n) is 3.72. The zero-order valence-corrected chi connectivity index (χ0v) is 4.53. The summed E-state index contributed by atoms with van der Waals surface area (Å²) in [6.45, 7) is 2.12. The Morgan fingerprint density at radius 1 is 2.00 bits per heavy atom. The van der Waals surface area contributed by atoms with E-state index in [1.807, 2.05) is 5.55 Å². The molecule has 1 heterocycles. The monoisotopic (exact) mass is 101 g/mol. The molecule has 1 aliphatic heterocycles. The van der Waals surface area contributed by atoms with Crippen LogP contribution in [0, 0.1) is 0 Å². The molecule has 0 aromatic carbocycles. The first-order chi connectivity index (χ1) is 2.89. The maximum atomic E-state index is 4.07. The van der Waals surface area contributed by atoms with Crippen LogP contribution < -0.4 is 0 Å². The Morgan fingerprint density at radius 3 is 3.00 bits per heavy atom. The molecule has 0 amide bonds. The molecule has 1 aliphatic rings. The third kappa shape index (κ3) is 0.744. The van der Waals surface area contributed by atoms with Crippen molar-refractivity contribution in [1.29, 1.82) is 0 Å². The van der Waals surface area contributed by atoms with Gasteiger partial charge in [-0.15, -0.1) is 11.8 Å². The Balaban J connectivity index is 2.38. The highest BCUT2D eigenvalue weighted by Crippen LogP contribution is 2.08. The molecule has 1 nitrogen and oxygen atoms in total. The third-order valence-electron chi connectivity index (χ3n) is 0.727. The van der Waals surface area contributed by atoms with E-state index in [-0.39, 0.29) is 0 Å². The minimum Gasteiger partial charge on any atom is -0.282 e. The van der Waals surface area contributed by atoms with Gasteiger partial charge in [0.05, 0.1) is 11.6 Å². The van der Waals surface area contributed by atoms with E-state index >= 15 is 0 Å². The Bertz CT molecular complexity index is 69.9. The average molecular weight is 101 g/mol. The third-order valence-corrected chi connectivity index (χ3v) is 1.67. The van der Waals surface area contributed by atoms with Crippen molar-refractivity contribution >= 4 is 17.3 Å². The summed E-state index contributed by atoms with van der Waals surface area (Å²) in [6.07, 6.45) is 0. The fourth-order valence-corrected chi connectivity index (χ4v) is 1.12. The Morgan fingerprint density at radius 2 is 2.83 bits per heavy atom. The molecule has 1 atom stereocenters.